The molecule has 8 heteroatoms. The molecule has 3 rings (SSSR count). The third-order valence-electron chi connectivity index (χ3n) is 4.03. The normalized spacial score (nSPS) is 12.9. The summed E-state index contributed by atoms with van der Waals surface area (Å²) in [4.78, 5) is 4.53. The molecule has 0 aliphatic heterocycles. The molecule has 2 aromatic heterocycles. The van der Waals surface area contributed by atoms with Crippen molar-refractivity contribution in [3.63, 3.8) is 0 Å². The van der Waals surface area contributed by atoms with Crippen LogP contribution in [-0.2, 0) is 17.9 Å². The van der Waals surface area contributed by atoms with Gasteiger partial charge in [0.15, 0.2) is 17.4 Å². The quantitative estimate of drug-likeness (QED) is 0.382. The zero-order chi connectivity index (χ0) is 19.6. The summed E-state index contributed by atoms with van der Waals surface area (Å²) in [6.45, 7) is 4.14. The van der Waals surface area contributed by atoms with Gasteiger partial charge in [0.05, 0.1) is 19.3 Å². The highest BCUT2D eigenvalue weighted by molar-refractivity contribution is 5.79. The molecule has 1 unspecified atom stereocenters. The number of nitrogens with one attached hydrogen (secondary N) is 2. The van der Waals surface area contributed by atoms with E-state index in [1.165, 1.54) is 0 Å². The van der Waals surface area contributed by atoms with Gasteiger partial charge in [-0.05, 0) is 24.6 Å². The zero-order valence-corrected chi connectivity index (χ0v) is 16.0. The summed E-state index contributed by atoms with van der Waals surface area (Å²) >= 11 is 0. The number of hydrogen-bond donors (Lipinski definition) is 3. The SMILES string of the molecule is CCNC(=NCc1nnc2ccccn12)NCC(O)COCc1ccccc1. The Morgan fingerprint density at radius 1 is 1.14 bits per heavy atom. The fourth-order valence-corrected chi connectivity index (χ4v) is 2.65. The number of nitrogens with zero attached hydrogens (tertiary/aromatic N) is 4. The summed E-state index contributed by atoms with van der Waals surface area (Å²) in [5, 5.41) is 24.7. The van der Waals surface area contributed by atoms with Gasteiger partial charge in [-0.15, -0.1) is 10.2 Å². The van der Waals surface area contributed by atoms with E-state index in [0.29, 0.717) is 32.2 Å². The molecule has 0 aliphatic rings. The third kappa shape index (κ3) is 5.77. The fourth-order valence-electron chi connectivity index (χ4n) is 2.65. The minimum absolute atomic E-state index is 0.246. The maximum Gasteiger partial charge on any atom is 0.191 e. The molecule has 0 amide bonds. The summed E-state index contributed by atoms with van der Waals surface area (Å²) < 4.78 is 7.47. The van der Waals surface area contributed by atoms with E-state index in [0.717, 1.165) is 17.0 Å². The number of fused-ring (bicyclic) bond motifs is 1. The molecule has 1 atom stereocenters. The van der Waals surface area contributed by atoms with E-state index in [1.807, 2.05) is 66.1 Å². The second kappa shape index (κ2) is 10.4. The van der Waals surface area contributed by atoms with Crippen molar-refractivity contribution in [2.75, 3.05) is 19.7 Å². The molecule has 0 spiro atoms. The predicted molar refractivity (Wildman–Crippen MR) is 108 cm³/mol. The lowest BCUT2D eigenvalue weighted by molar-refractivity contribution is 0.0308. The van der Waals surface area contributed by atoms with E-state index in [4.69, 9.17) is 4.74 Å². The Morgan fingerprint density at radius 2 is 1.96 bits per heavy atom. The first-order valence-corrected chi connectivity index (χ1v) is 9.37. The Morgan fingerprint density at radius 3 is 2.79 bits per heavy atom. The van der Waals surface area contributed by atoms with Gasteiger partial charge in [-0.2, -0.15) is 0 Å². The van der Waals surface area contributed by atoms with Gasteiger partial charge in [-0.1, -0.05) is 36.4 Å². The van der Waals surface area contributed by atoms with Gasteiger partial charge in [0.25, 0.3) is 0 Å². The average Bonchev–Trinajstić information content (AvgIpc) is 3.14. The van der Waals surface area contributed by atoms with Crippen LogP contribution in [0.5, 0.6) is 0 Å². The minimum Gasteiger partial charge on any atom is -0.389 e. The number of ether oxygens (including phenoxy) is 1. The molecule has 2 heterocycles. The Labute approximate surface area is 164 Å². The van der Waals surface area contributed by atoms with Crippen molar-refractivity contribution in [3.05, 3.63) is 66.1 Å². The Kier molecular flexibility index (Phi) is 7.34. The lowest BCUT2D eigenvalue weighted by atomic mass is 10.2. The summed E-state index contributed by atoms with van der Waals surface area (Å²) in [6.07, 6.45) is 1.27. The van der Waals surface area contributed by atoms with Crippen molar-refractivity contribution in [1.29, 1.82) is 0 Å². The van der Waals surface area contributed by atoms with Gasteiger partial charge in [-0.3, -0.25) is 4.40 Å². The van der Waals surface area contributed by atoms with Crippen molar-refractivity contribution in [2.24, 2.45) is 4.99 Å². The summed E-state index contributed by atoms with van der Waals surface area (Å²) in [5.74, 6) is 1.36. The second-order valence-electron chi connectivity index (χ2n) is 6.28. The van der Waals surface area contributed by atoms with Crippen molar-refractivity contribution < 1.29 is 9.84 Å². The summed E-state index contributed by atoms with van der Waals surface area (Å²) in [7, 11) is 0. The molecule has 0 fully saturated rings. The molecule has 3 aromatic rings. The van der Waals surface area contributed by atoms with Crippen LogP contribution < -0.4 is 10.6 Å². The lowest BCUT2D eigenvalue weighted by Crippen LogP contribution is -2.42. The van der Waals surface area contributed by atoms with E-state index in [9.17, 15) is 5.11 Å². The summed E-state index contributed by atoms with van der Waals surface area (Å²) in [6, 6.07) is 15.6. The highest BCUT2D eigenvalue weighted by atomic mass is 16.5. The van der Waals surface area contributed by atoms with E-state index in [2.05, 4.69) is 25.8 Å². The number of aromatic nitrogens is 3. The van der Waals surface area contributed by atoms with Crippen LogP contribution in [0.15, 0.2) is 59.7 Å². The molecule has 1 aromatic carbocycles. The van der Waals surface area contributed by atoms with Gasteiger partial charge >= 0.3 is 0 Å². The highest BCUT2D eigenvalue weighted by Gasteiger charge is 2.08. The first kappa shape index (κ1) is 19.8. The molecule has 0 radical (unpaired) electrons. The third-order valence-corrected chi connectivity index (χ3v) is 4.03. The van der Waals surface area contributed by atoms with Gasteiger partial charge in [-0.25, -0.2) is 4.99 Å². The van der Waals surface area contributed by atoms with Crippen LogP contribution in [0.3, 0.4) is 0 Å². The Hall–Kier alpha value is -2.97. The Bertz CT molecular complexity index is 881. The molecule has 28 heavy (non-hydrogen) atoms. The number of hydrogen-bond acceptors (Lipinski definition) is 5. The number of aliphatic hydroxyl groups excluding tert-OH is 1. The lowest BCUT2D eigenvalue weighted by Gasteiger charge is -2.15. The van der Waals surface area contributed by atoms with Gasteiger partial charge in [0.1, 0.15) is 6.54 Å². The van der Waals surface area contributed by atoms with E-state index in [1.54, 1.807) is 0 Å². The molecule has 0 saturated carbocycles. The molecular formula is C20H26N6O2. The van der Waals surface area contributed by atoms with Crippen LogP contribution >= 0.6 is 0 Å². The largest absolute Gasteiger partial charge is 0.389 e. The number of aliphatic hydroxyl groups is 1. The molecule has 3 N–H and O–H groups in total. The van der Waals surface area contributed by atoms with Crippen LogP contribution in [0.25, 0.3) is 5.65 Å². The van der Waals surface area contributed by atoms with Gasteiger partial charge < -0.3 is 20.5 Å². The van der Waals surface area contributed by atoms with Crippen LogP contribution in [0.1, 0.15) is 18.3 Å². The predicted octanol–water partition coefficient (Wildman–Crippen LogP) is 1.36. The molecular weight excluding hydrogens is 356 g/mol. The van der Waals surface area contributed by atoms with E-state index >= 15 is 0 Å². The first-order valence-electron chi connectivity index (χ1n) is 9.37. The number of rotatable bonds is 9. The molecule has 148 valence electrons. The van der Waals surface area contributed by atoms with Gasteiger partial charge in [0.2, 0.25) is 0 Å². The monoisotopic (exact) mass is 382 g/mol. The van der Waals surface area contributed by atoms with Crippen molar-refractivity contribution in [3.8, 4) is 0 Å². The molecule has 0 saturated heterocycles. The number of aliphatic imine (C=N–C) groups is 1. The van der Waals surface area contributed by atoms with Crippen molar-refractivity contribution >= 4 is 11.6 Å². The summed E-state index contributed by atoms with van der Waals surface area (Å²) in [5.41, 5.74) is 1.87. The van der Waals surface area contributed by atoms with Crippen LogP contribution in [0, 0.1) is 0 Å². The number of guanidine groups is 1. The smallest absolute Gasteiger partial charge is 0.191 e. The van der Waals surface area contributed by atoms with E-state index in [-0.39, 0.29) is 6.61 Å². The van der Waals surface area contributed by atoms with Crippen LogP contribution in [0.4, 0.5) is 0 Å². The standard InChI is InChI=1S/C20H26N6O2/c1-2-21-20(23-13-19-25-24-18-10-6-7-11-26(18)19)22-12-17(27)15-28-14-16-8-4-3-5-9-16/h3-11,17,27H,2,12-15H2,1H3,(H2,21,22,23). The van der Waals surface area contributed by atoms with Gasteiger partial charge in [0, 0.05) is 19.3 Å². The molecule has 0 bridgehead atoms. The first-order chi connectivity index (χ1) is 13.8. The van der Waals surface area contributed by atoms with Crippen molar-refractivity contribution in [2.45, 2.75) is 26.2 Å². The molecule has 8 nitrogen and oxygen atoms in total. The van der Waals surface area contributed by atoms with Crippen LogP contribution in [-0.4, -0.2) is 51.5 Å². The maximum atomic E-state index is 10.1. The van der Waals surface area contributed by atoms with Crippen LogP contribution in [0.2, 0.25) is 0 Å². The van der Waals surface area contributed by atoms with E-state index < -0.39 is 6.10 Å². The zero-order valence-electron chi connectivity index (χ0n) is 16.0. The average molecular weight is 382 g/mol. The maximum absolute atomic E-state index is 10.1. The number of pyridine rings is 1. The highest BCUT2D eigenvalue weighted by Crippen LogP contribution is 2.04. The van der Waals surface area contributed by atoms with Crippen molar-refractivity contribution in [1.82, 2.24) is 25.2 Å². The molecule has 0 aliphatic carbocycles. The second-order valence-corrected chi connectivity index (χ2v) is 6.28. The Balaban J connectivity index is 1.47. The fraction of sp³-hybridized carbons (Fsp3) is 0.350. The minimum atomic E-state index is -0.638. The number of benzene rings is 1. The topological polar surface area (TPSA) is 96.1 Å².